The first-order chi connectivity index (χ1) is 13.0. The fourth-order valence-electron chi connectivity index (χ4n) is 4.14. The minimum absolute atomic E-state index is 0.0440. The lowest BCUT2D eigenvalue weighted by Gasteiger charge is -2.37. The summed E-state index contributed by atoms with van der Waals surface area (Å²) in [4.78, 5) is 34.6. The van der Waals surface area contributed by atoms with Crippen molar-refractivity contribution in [1.82, 2.24) is 29.7 Å². The average molecular weight is 370 g/mol. The molecule has 1 atom stereocenters. The molecular weight excluding hydrogens is 344 g/mol. The number of hydrogen-bond donors (Lipinski definition) is 1. The first-order valence-corrected chi connectivity index (χ1v) is 9.61. The van der Waals surface area contributed by atoms with Crippen LogP contribution >= 0.6 is 0 Å². The minimum atomic E-state index is -0.468. The summed E-state index contributed by atoms with van der Waals surface area (Å²) < 4.78 is 1.72. The highest BCUT2D eigenvalue weighted by atomic mass is 16.2. The van der Waals surface area contributed by atoms with Crippen LogP contribution in [0.5, 0.6) is 0 Å². The van der Waals surface area contributed by atoms with Gasteiger partial charge in [0.05, 0.1) is 5.69 Å². The lowest BCUT2D eigenvalue weighted by Crippen LogP contribution is -2.60. The van der Waals surface area contributed by atoms with Crippen molar-refractivity contribution in [3.63, 3.8) is 0 Å². The Kier molecular flexibility index (Phi) is 4.59. The van der Waals surface area contributed by atoms with Gasteiger partial charge in [0.2, 0.25) is 5.91 Å². The van der Waals surface area contributed by atoms with Gasteiger partial charge in [-0.1, -0.05) is 0 Å². The van der Waals surface area contributed by atoms with Crippen LogP contribution in [0.4, 0.5) is 0 Å². The van der Waals surface area contributed by atoms with Crippen LogP contribution in [0.3, 0.4) is 0 Å². The smallest absolute Gasteiger partial charge is 0.260 e. The number of likely N-dealkylation sites (tertiary alicyclic amines) is 1. The van der Waals surface area contributed by atoms with Gasteiger partial charge >= 0.3 is 0 Å². The number of carbonyl (C=O) groups excluding carboxylic acids is 2. The van der Waals surface area contributed by atoms with Crippen molar-refractivity contribution in [1.29, 1.82) is 0 Å². The van der Waals surface area contributed by atoms with E-state index >= 15 is 0 Å². The number of aromatic nitrogens is 3. The zero-order valence-electron chi connectivity index (χ0n) is 16.2. The van der Waals surface area contributed by atoms with Crippen LogP contribution in [0.1, 0.15) is 40.3 Å². The predicted molar refractivity (Wildman–Crippen MR) is 101 cm³/mol. The Balaban J connectivity index is 1.71. The van der Waals surface area contributed by atoms with Gasteiger partial charge in [-0.15, -0.1) is 0 Å². The molecule has 4 heterocycles. The second kappa shape index (κ2) is 6.92. The number of amides is 2. The zero-order chi connectivity index (χ0) is 19.1. The first kappa shape index (κ1) is 17.9. The maximum absolute atomic E-state index is 13.5. The molecule has 2 aliphatic heterocycles. The molecule has 0 unspecified atom stereocenters. The van der Waals surface area contributed by atoms with Crippen molar-refractivity contribution < 1.29 is 9.59 Å². The van der Waals surface area contributed by atoms with E-state index in [1.54, 1.807) is 9.42 Å². The Labute approximate surface area is 158 Å². The molecule has 2 aliphatic rings. The van der Waals surface area contributed by atoms with Gasteiger partial charge in [-0.2, -0.15) is 5.10 Å². The van der Waals surface area contributed by atoms with E-state index in [2.05, 4.69) is 15.4 Å². The number of nitrogens with zero attached hydrogens (tertiary/aromatic N) is 5. The van der Waals surface area contributed by atoms with E-state index in [0.29, 0.717) is 36.5 Å². The largest absolute Gasteiger partial charge is 0.341 e. The summed E-state index contributed by atoms with van der Waals surface area (Å²) in [5.74, 6) is -0.110. The number of fused-ring (bicyclic) bond motifs is 1. The molecule has 0 radical (unpaired) electrons. The number of carbonyl (C=O) groups is 2. The number of piperazine rings is 1. The third kappa shape index (κ3) is 3.07. The van der Waals surface area contributed by atoms with Crippen molar-refractivity contribution in [2.45, 2.75) is 39.7 Å². The van der Waals surface area contributed by atoms with Gasteiger partial charge in [0.1, 0.15) is 11.6 Å². The van der Waals surface area contributed by atoms with E-state index < -0.39 is 6.04 Å². The number of aryl methyl sites for hydroxylation is 3. The van der Waals surface area contributed by atoms with Crippen molar-refractivity contribution in [3.8, 4) is 0 Å². The Hall–Kier alpha value is -2.48. The highest BCUT2D eigenvalue weighted by molar-refractivity contribution is 6.03. The Morgan fingerprint density at radius 1 is 1.15 bits per heavy atom. The molecule has 0 bridgehead atoms. The zero-order valence-corrected chi connectivity index (χ0v) is 16.2. The van der Waals surface area contributed by atoms with Crippen molar-refractivity contribution in [2.75, 3.05) is 32.7 Å². The molecule has 2 aromatic rings. The van der Waals surface area contributed by atoms with Crippen LogP contribution in [0, 0.1) is 20.8 Å². The molecule has 2 saturated heterocycles. The lowest BCUT2D eigenvalue weighted by molar-refractivity contribution is -0.135. The van der Waals surface area contributed by atoms with E-state index in [1.165, 1.54) is 0 Å². The summed E-state index contributed by atoms with van der Waals surface area (Å²) in [7, 11) is 0. The first-order valence-electron chi connectivity index (χ1n) is 9.61. The number of hydrogen-bond acceptors (Lipinski definition) is 5. The lowest BCUT2D eigenvalue weighted by atomic mass is 10.1. The number of nitrogens with one attached hydrogen (secondary N) is 1. The van der Waals surface area contributed by atoms with Crippen LogP contribution in [0.2, 0.25) is 0 Å². The maximum Gasteiger partial charge on any atom is 0.260 e. The highest BCUT2D eigenvalue weighted by Crippen LogP contribution is 2.21. The summed E-state index contributed by atoms with van der Waals surface area (Å²) in [5, 5.41) is 7.77. The summed E-state index contributed by atoms with van der Waals surface area (Å²) in [6.07, 6.45) is 2.07. The standard InChI is InChI=1S/C19H26N6O2/c1-12-10-13(2)25-17(21-12)16(14(3)22-25)19(27)24-9-6-20-11-15(24)18(26)23-7-4-5-8-23/h10,15,20H,4-9,11H2,1-3H3/t15-/m0/s1. The van der Waals surface area contributed by atoms with Gasteiger partial charge in [0.15, 0.2) is 5.65 Å². The quantitative estimate of drug-likeness (QED) is 0.841. The summed E-state index contributed by atoms with van der Waals surface area (Å²) >= 11 is 0. The van der Waals surface area contributed by atoms with Gasteiger partial charge in [-0.05, 0) is 39.7 Å². The normalized spacial score (nSPS) is 20.5. The second-order valence-corrected chi connectivity index (χ2v) is 7.49. The maximum atomic E-state index is 13.5. The summed E-state index contributed by atoms with van der Waals surface area (Å²) in [6.45, 7) is 8.94. The summed E-state index contributed by atoms with van der Waals surface area (Å²) in [6, 6.07) is 1.47. The van der Waals surface area contributed by atoms with Gasteiger partial charge in [-0.25, -0.2) is 9.50 Å². The van der Waals surface area contributed by atoms with Gasteiger partial charge in [0, 0.05) is 44.1 Å². The Morgan fingerprint density at radius 3 is 2.63 bits per heavy atom. The van der Waals surface area contributed by atoms with Crippen molar-refractivity contribution >= 4 is 17.5 Å². The molecule has 8 nitrogen and oxygen atoms in total. The molecule has 8 heteroatoms. The Morgan fingerprint density at radius 2 is 1.89 bits per heavy atom. The fraction of sp³-hybridized carbons (Fsp3) is 0.579. The van der Waals surface area contributed by atoms with Crippen LogP contribution in [-0.4, -0.2) is 75.0 Å². The van der Waals surface area contributed by atoms with Crippen LogP contribution in [-0.2, 0) is 4.79 Å². The van der Waals surface area contributed by atoms with Crippen LogP contribution < -0.4 is 5.32 Å². The monoisotopic (exact) mass is 370 g/mol. The SMILES string of the molecule is Cc1cc(C)n2nc(C)c(C(=O)N3CCNC[C@H]3C(=O)N3CCCC3)c2n1. The van der Waals surface area contributed by atoms with Crippen LogP contribution in [0.25, 0.3) is 5.65 Å². The molecule has 0 saturated carbocycles. The highest BCUT2D eigenvalue weighted by Gasteiger charge is 2.37. The van der Waals surface area contributed by atoms with E-state index in [0.717, 1.165) is 37.3 Å². The van der Waals surface area contributed by atoms with Crippen LogP contribution in [0.15, 0.2) is 6.07 Å². The van der Waals surface area contributed by atoms with E-state index in [9.17, 15) is 9.59 Å². The molecule has 0 spiro atoms. The molecule has 2 fully saturated rings. The molecular formula is C19H26N6O2. The number of rotatable bonds is 2. The average Bonchev–Trinajstić information content (AvgIpc) is 3.28. The molecule has 144 valence electrons. The third-order valence-electron chi connectivity index (χ3n) is 5.49. The van der Waals surface area contributed by atoms with Gasteiger partial charge < -0.3 is 15.1 Å². The molecule has 4 rings (SSSR count). The summed E-state index contributed by atoms with van der Waals surface area (Å²) in [5.41, 5.74) is 3.50. The van der Waals surface area contributed by atoms with Crippen molar-refractivity contribution in [2.24, 2.45) is 0 Å². The van der Waals surface area contributed by atoms with Crippen molar-refractivity contribution in [3.05, 3.63) is 28.7 Å². The van der Waals surface area contributed by atoms with Gasteiger partial charge in [-0.3, -0.25) is 9.59 Å². The second-order valence-electron chi connectivity index (χ2n) is 7.49. The molecule has 2 amide bonds. The fourth-order valence-corrected chi connectivity index (χ4v) is 4.14. The third-order valence-corrected chi connectivity index (χ3v) is 5.49. The molecule has 27 heavy (non-hydrogen) atoms. The predicted octanol–water partition coefficient (Wildman–Crippen LogP) is 0.691. The molecule has 1 N–H and O–H groups in total. The van der Waals surface area contributed by atoms with Gasteiger partial charge in [0.25, 0.3) is 5.91 Å². The molecule has 0 aliphatic carbocycles. The Bertz CT molecular complexity index is 899. The molecule has 2 aromatic heterocycles. The molecule has 0 aromatic carbocycles. The van der Waals surface area contributed by atoms with E-state index in [1.807, 2.05) is 31.7 Å². The van der Waals surface area contributed by atoms with E-state index in [-0.39, 0.29) is 11.8 Å². The topological polar surface area (TPSA) is 82.8 Å². The minimum Gasteiger partial charge on any atom is -0.341 e. The van der Waals surface area contributed by atoms with E-state index in [4.69, 9.17) is 0 Å².